The Morgan fingerprint density at radius 2 is 1.97 bits per heavy atom. The molecule has 1 aromatic heterocycles. The summed E-state index contributed by atoms with van der Waals surface area (Å²) in [5.41, 5.74) is 1.31. The fraction of sp³-hybridized carbons (Fsp3) is 0.407. The topological polar surface area (TPSA) is 48.5 Å². The van der Waals surface area contributed by atoms with Crippen molar-refractivity contribution < 1.29 is 15.0 Å². The van der Waals surface area contributed by atoms with E-state index >= 15 is 0 Å². The number of hydrogen-bond acceptors (Lipinski definition) is 4. The highest BCUT2D eigenvalue weighted by molar-refractivity contribution is 5.94. The van der Waals surface area contributed by atoms with Gasteiger partial charge < -0.3 is 15.1 Å². The van der Waals surface area contributed by atoms with Crippen LogP contribution in [-0.4, -0.2) is 61.2 Å². The van der Waals surface area contributed by atoms with Crippen LogP contribution in [0.3, 0.4) is 0 Å². The Morgan fingerprint density at radius 3 is 2.65 bits per heavy atom. The molecular formula is C27H32F2N4O. The monoisotopic (exact) mass is 466 g/mol. The number of halogens is 2. The van der Waals surface area contributed by atoms with Crippen molar-refractivity contribution in [3.63, 3.8) is 0 Å². The second-order valence-electron chi connectivity index (χ2n) is 9.58. The maximum Gasteiger partial charge on any atom is 0.252 e. The van der Waals surface area contributed by atoms with Crippen LogP contribution in [0.2, 0.25) is 0 Å². The Kier molecular flexibility index (Phi) is 6.21. The molecule has 3 atom stereocenters. The smallest absolute Gasteiger partial charge is 0.252 e. The number of amides is 1. The lowest BCUT2D eigenvalue weighted by atomic mass is 9.85. The summed E-state index contributed by atoms with van der Waals surface area (Å²) in [6.07, 6.45) is 8.27. The normalized spacial score (nSPS) is 24.9. The number of fused-ring (bicyclic) bond motifs is 1. The van der Waals surface area contributed by atoms with E-state index in [0.717, 1.165) is 43.1 Å². The average Bonchev–Trinajstić information content (AvgIpc) is 3.53. The number of aromatic nitrogens is 1. The number of alkyl halides is 1. The van der Waals surface area contributed by atoms with E-state index in [1.165, 1.54) is 12.1 Å². The fourth-order valence-electron chi connectivity index (χ4n) is 4.82. The van der Waals surface area contributed by atoms with Crippen molar-refractivity contribution >= 4 is 11.7 Å². The number of anilines is 1. The van der Waals surface area contributed by atoms with Crippen molar-refractivity contribution in [2.45, 2.75) is 24.4 Å². The lowest BCUT2D eigenvalue weighted by molar-refractivity contribution is 0.0952. The van der Waals surface area contributed by atoms with Crippen LogP contribution in [0, 0.1) is 11.7 Å². The van der Waals surface area contributed by atoms with Crippen molar-refractivity contribution in [2.24, 2.45) is 5.92 Å². The number of piperazine rings is 1. The third kappa shape index (κ3) is 4.89. The first-order valence-corrected chi connectivity index (χ1v) is 11.9. The molecule has 180 valence electrons. The number of pyridine rings is 1. The van der Waals surface area contributed by atoms with E-state index < -0.39 is 5.67 Å². The molecule has 1 aromatic carbocycles. The summed E-state index contributed by atoms with van der Waals surface area (Å²) in [6, 6.07) is 10.1. The maximum atomic E-state index is 14.3. The summed E-state index contributed by atoms with van der Waals surface area (Å²) in [4.78, 5) is 21.7. The fourth-order valence-corrected chi connectivity index (χ4v) is 4.82. The molecule has 7 heteroatoms. The quantitative estimate of drug-likeness (QED) is 0.659. The molecule has 1 saturated heterocycles. The van der Waals surface area contributed by atoms with Gasteiger partial charge in [-0.1, -0.05) is 24.3 Å². The zero-order valence-electron chi connectivity index (χ0n) is 19.4. The molecule has 1 aliphatic heterocycles. The van der Waals surface area contributed by atoms with Gasteiger partial charge >= 0.3 is 0 Å². The minimum atomic E-state index is -1.19. The molecule has 1 saturated carbocycles. The lowest BCUT2D eigenvalue weighted by Gasteiger charge is -2.33. The van der Waals surface area contributed by atoms with E-state index in [9.17, 15) is 13.6 Å². The molecule has 0 bridgehead atoms. The minimum absolute atomic E-state index is 0. The second-order valence-corrected chi connectivity index (χ2v) is 9.58. The number of likely N-dealkylation sites (N-methyl/N-ethyl adjacent to an activating group) is 1. The molecule has 34 heavy (non-hydrogen) atoms. The molecule has 0 radical (unpaired) electrons. The highest BCUT2D eigenvalue weighted by Gasteiger charge is 2.53. The predicted octanol–water partition coefficient (Wildman–Crippen LogP) is 4.35. The van der Waals surface area contributed by atoms with E-state index in [0.29, 0.717) is 24.9 Å². The van der Waals surface area contributed by atoms with Gasteiger partial charge in [0.25, 0.3) is 5.91 Å². The molecule has 1 N–H and O–H groups in total. The largest absolute Gasteiger partial charge is 0.354 e. The highest BCUT2D eigenvalue weighted by Crippen LogP contribution is 2.53. The average molecular weight is 467 g/mol. The van der Waals surface area contributed by atoms with Gasteiger partial charge in [-0.3, -0.25) is 4.79 Å². The number of carbonyl (C=O) groups is 1. The number of allylic oxidation sites excluding steroid dienone is 4. The maximum absolute atomic E-state index is 14.3. The van der Waals surface area contributed by atoms with Crippen LogP contribution in [0.15, 0.2) is 66.4 Å². The van der Waals surface area contributed by atoms with Gasteiger partial charge in [0.15, 0.2) is 0 Å². The first-order chi connectivity index (χ1) is 16.4. The molecule has 3 unspecified atom stereocenters. The molecule has 2 aliphatic carbocycles. The van der Waals surface area contributed by atoms with Crippen molar-refractivity contribution in [3.8, 4) is 0 Å². The van der Waals surface area contributed by atoms with Crippen molar-refractivity contribution in [3.05, 3.63) is 83.3 Å². The van der Waals surface area contributed by atoms with Gasteiger partial charge in [-0.15, -0.1) is 0 Å². The molecule has 2 aromatic rings. The summed E-state index contributed by atoms with van der Waals surface area (Å²) >= 11 is 0. The summed E-state index contributed by atoms with van der Waals surface area (Å²) in [7, 11) is 2.11. The Bertz CT molecular complexity index is 1100. The van der Waals surface area contributed by atoms with Gasteiger partial charge in [0.1, 0.15) is 17.3 Å². The van der Waals surface area contributed by atoms with Crippen molar-refractivity contribution in [1.82, 2.24) is 15.2 Å². The van der Waals surface area contributed by atoms with Crippen LogP contribution in [-0.2, 0) is 0 Å². The summed E-state index contributed by atoms with van der Waals surface area (Å²) in [5.74, 6) is 0.311. The number of benzene rings is 1. The Balaban J connectivity index is 0.00000289. The van der Waals surface area contributed by atoms with E-state index in [-0.39, 0.29) is 25.0 Å². The Labute approximate surface area is 200 Å². The first-order valence-electron chi connectivity index (χ1n) is 11.9. The first kappa shape index (κ1) is 22.7. The lowest BCUT2D eigenvalue weighted by Crippen LogP contribution is -2.44. The van der Waals surface area contributed by atoms with E-state index in [2.05, 4.69) is 27.1 Å². The summed E-state index contributed by atoms with van der Waals surface area (Å²) < 4.78 is 27.8. The molecule has 0 spiro atoms. The van der Waals surface area contributed by atoms with E-state index in [1.54, 1.807) is 24.4 Å². The van der Waals surface area contributed by atoms with Gasteiger partial charge in [-0.25, -0.2) is 13.8 Å². The van der Waals surface area contributed by atoms with Crippen LogP contribution in [0.1, 0.15) is 36.1 Å². The third-order valence-electron chi connectivity index (χ3n) is 7.17. The molecule has 2 heterocycles. The van der Waals surface area contributed by atoms with Crippen molar-refractivity contribution in [1.29, 1.82) is 0 Å². The number of hydrogen-bond donors (Lipinski definition) is 1. The zero-order valence-corrected chi connectivity index (χ0v) is 19.4. The third-order valence-corrected chi connectivity index (χ3v) is 7.17. The molecule has 3 aliphatic rings. The Hall–Kier alpha value is -3.06. The van der Waals surface area contributed by atoms with Crippen molar-refractivity contribution in [2.75, 3.05) is 44.7 Å². The Morgan fingerprint density at radius 1 is 1.21 bits per heavy atom. The highest BCUT2D eigenvalue weighted by atomic mass is 19.1. The van der Waals surface area contributed by atoms with Gasteiger partial charge in [-0.05, 0) is 61.4 Å². The standard InChI is InChI=1S/C27H30F2N4O.H2/c1-32-12-14-33(15-13-32)25-7-4-21(18-31-25)26(34)30-11-9-24(19-2-5-23(28)6-3-19)20-8-10-27(29)17-22(27)16-20;/h2-8,10,16,18,22,24H,9,11-15,17H2,1H3,(H,30,34);1H. The van der Waals surface area contributed by atoms with Crippen LogP contribution in [0.5, 0.6) is 0 Å². The van der Waals surface area contributed by atoms with E-state index in [4.69, 9.17) is 0 Å². The van der Waals surface area contributed by atoms with Crippen LogP contribution in [0.25, 0.3) is 0 Å². The number of rotatable bonds is 7. The molecule has 2 fully saturated rings. The zero-order chi connectivity index (χ0) is 23.7. The molecule has 1 amide bonds. The number of nitrogens with zero attached hydrogens (tertiary/aromatic N) is 3. The number of nitrogens with one attached hydrogen (secondary N) is 1. The summed E-state index contributed by atoms with van der Waals surface area (Å²) in [5, 5.41) is 2.98. The minimum Gasteiger partial charge on any atom is -0.354 e. The SMILES string of the molecule is CN1CCN(c2ccc(C(=O)NCCC(C3=CC4CC4(F)C=C3)c3ccc(F)cc3)cn2)CC1.[HH]. The van der Waals surface area contributed by atoms with Gasteiger partial charge in [0.2, 0.25) is 0 Å². The molecule has 5 nitrogen and oxygen atoms in total. The predicted molar refractivity (Wildman–Crippen MR) is 131 cm³/mol. The number of carbonyl (C=O) groups excluding carboxylic acids is 1. The van der Waals surface area contributed by atoms with E-state index in [1.807, 2.05) is 24.3 Å². The van der Waals surface area contributed by atoms with Crippen LogP contribution in [0.4, 0.5) is 14.6 Å². The van der Waals surface area contributed by atoms with Gasteiger partial charge in [0.05, 0.1) is 5.56 Å². The second kappa shape index (κ2) is 9.29. The van der Waals surface area contributed by atoms with Gasteiger partial charge in [-0.2, -0.15) is 0 Å². The van der Waals surface area contributed by atoms with Crippen LogP contribution >= 0.6 is 0 Å². The molecule has 5 rings (SSSR count). The molecular weight excluding hydrogens is 434 g/mol. The summed E-state index contributed by atoms with van der Waals surface area (Å²) in [6.45, 7) is 4.29. The van der Waals surface area contributed by atoms with Gasteiger partial charge in [0, 0.05) is 52.2 Å². The van der Waals surface area contributed by atoms with Crippen LogP contribution < -0.4 is 10.2 Å².